The molecule has 0 saturated carbocycles. The van der Waals surface area contributed by atoms with E-state index in [2.05, 4.69) is 19.8 Å². The van der Waals surface area contributed by atoms with Crippen LogP contribution in [0.2, 0.25) is 0 Å². The minimum atomic E-state index is 1.46. The maximum Gasteiger partial charge on any atom is 0.0690 e. The molecule has 0 spiro atoms. The second kappa shape index (κ2) is 4.63. The summed E-state index contributed by atoms with van der Waals surface area (Å²) in [5.74, 6) is 0. The largest absolute Gasteiger partial charge is 0.266 e. The highest BCUT2D eigenvalue weighted by Gasteiger charge is 1.59. The summed E-state index contributed by atoms with van der Waals surface area (Å²) in [4.78, 5) is 0. The number of rotatable bonds is 0. The number of nitrogens with one attached hydrogen (secondary N) is 1. The first-order valence-electron chi connectivity index (χ1n) is 2.65. The topological polar surface area (TPSA) is 54.5 Å². The van der Waals surface area contributed by atoms with Gasteiger partial charge in [0.05, 0.1) is 6.20 Å². The van der Waals surface area contributed by atoms with Crippen molar-refractivity contribution in [2.45, 2.75) is 0 Å². The van der Waals surface area contributed by atoms with E-state index in [-0.39, 0.29) is 0 Å². The molecule has 0 saturated heterocycles. The van der Waals surface area contributed by atoms with Crippen LogP contribution < -0.4 is 0 Å². The van der Waals surface area contributed by atoms with Crippen LogP contribution in [0.25, 0.3) is 0 Å². The van der Waals surface area contributed by atoms with Crippen LogP contribution in [-0.2, 0) is 0 Å². The number of nitrogens with zero attached hydrogens (tertiary/aromatic N) is 3. The van der Waals surface area contributed by atoms with Crippen LogP contribution >= 0.6 is 11.5 Å². The third kappa shape index (κ3) is 2.93. The molecular formula is C5H6N4S. The summed E-state index contributed by atoms with van der Waals surface area (Å²) in [5.41, 5.74) is 0. The Morgan fingerprint density at radius 3 is 2.50 bits per heavy atom. The number of aromatic amines is 1. The second-order valence-electron chi connectivity index (χ2n) is 1.35. The smallest absolute Gasteiger partial charge is 0.0690 e. The van der Waals surface area contributed by atoms with Gasteiger partial charge in [-0.15, -0.1) is 5.10 Å². The van der Waals surface area contributed by atoms with Gasteiger partial charge in [-0.1, -0.05) is 5.21 Å². The Morgan fingerprint density at radius 2 is 2.30 bits per heavy atom. The molecule has 5 heteroatoms. The lowest BCUT2D eigenvalue weighted by atomic mass is 10.8. The van der Waals surface area contributed by atoms with Crippen LogP contribution in [0.3, 0.4) is 0 Å². The van der Waals surface area contributed by atoms with Crippen LogP contribution in [0.4, 0.5) is 0 Å². The molecule has 0 fully saturated rings. The number of H-pyrrole nitrogens is 1. The van der Waals surface area contributed by atoms with Gasteiger partial charge in [-0.3, -0.25) is 5.10 Å². The van der Waals surface area contributed by atoms with E-state index in [0.29, 0.717) is 0 Å². The molecule has 2 aromatic rings. The average Bonchev–Trinajstić information content (AvgIpc) is 2.67. The highest BCUT2D eigenvalue weighted by atomic mass is 32.1. The molecule has 2 aromatic heterocycles. The maximum atomic E-state index is 3.76. The minimum absolute atomic E-state index is 1.46. The van der Waals surface area contributed by atoms with E-state index in [1.807, 2.05) is 11.4 Å². The lowest BCUT2D eigenvalue weighted by Crippen LogP contribution is -1.61. The van der Waals surface area contributed by atoms with Crippen molar-refractivity contribution in [2.24, 2.45) is 0 Å². The van der Waals surface area contributed by atoms with Gasteiger partial charge in [0.2, 0.25) is 0 Å². The van der Waals surface area contributed by atoms with Crippen LogP contribution in [0.5, 0.6) is 0 Å². The van der Waals surface area contributed by atoms with Crippen molar-refractivity contribution in [3.8, 4) is 0 Å². The number of hydrogen-bond acceptors (Lipinski definition) is 4. The van der Waals surface area contributed by atoms with Crippen LogP contribution in [0.15, 0.2) is 30.0 Å². The van der Waals surface area contributed by atoms with Crippen molar-refractivity contribution in [1.29, 1.82) is 0 Å². The van der Waals surface area contributed by atoms with Gasteiger partial charge in [0.1, 0.15) is 0 Å². The zero-order valence-corrected chi connectivity index (χ0v) is 5.95. The summed E-state index contributed by atoms with van der Waals surface area (Å²) in [6, 6.07) is 1.91. The molecule has 0 radical (unpaired) electrons. The molecule has 0 aliphatic heterocycles. The van der Waals surface area contributed by atoms with Crippen LogP contribution in [-0.4, -0.2) is 19.8 Å². The normalized spacial score (nSPS) is 8.00. The van der Waals surface area contributed by atoms with Gasteiger partial charge in [0.25, 0.3) is 0 Å². The average molecular weight is 154 g/mol. The Labute approximate surface area is 62.1 Å². The fourth-order valence-electron chi connectivity index (χ4n) is 0.342. The van der Waals surface area contributed by atoms with Gasteiger partial charge >= 0.3 is 0 Å². The zero-order valence-electron chi connectivity index (χ0n) is 5.14. The standard InChI is InChI=1S/C3H3NS.C2H3N3/c2*1-2-4-5-3-1/h1-3H;1-2H,(H,3,4,5). The third-order valence-corrected chi connectivity index (χ3v) is 1.20. The van der Waals surface area contributed by atoms with Crippen molar-refractivity contribution in [1.82, 2.24) is 19.8 Å². The van der Waals surface area contributed by atoms with Crippen molar-refractivity contribution >= 4 is 11.5 Å². The van der Waals surface area contributed by atoms with Gasteiger partial charge in [0.15, 0.2) is 0 Å². The van der Waals surface area contributed by atoms with Gasteiger partial charge in [0, 0.05) is 17.8 Å². The van der Waals surface area contributed by atoms with E-state index in [1.54, 1.807) is 18.6 Å². The molecule has 0 aliphatic carbocycles. The summed E-state index contributed by atoms with van der Waals surface area (Å²) in [7, 11) is 0. The van der Waals surface area contributed by atoms with Crippen molar-refractivity contribution in [2.75, 3.05) is 0 Å². The van der Waals surface area contributed by atoms with E-state index < -0.39 is 0 Å². The highest BCUT2D eigenvalue weighted by Crippen LogP contribution is 1.83. The molecule has 0 aromatic carbocycles. The first-order valence-corrected chi connectivity index (χ1v) is 3.48. The van der Waals surface area contributed by atoms with E-state index in [9.17, 15) is 0 Å². The number of hydrogen-bond donors (Lipinski definition) is 1. The molecule has 0 bridgehead atoms. The van der Waals surface area contributed by atoms with Gasteiger partial charge < -0.3 is 0 Å². The third-order valence-electron chi connectivity index (χ3n) is 0.678. The predicted octanol–water partition coefficient (Wildman–Crippen LogP) is 0.948. The van der Waals surface area contributed by atoms with Gasteiger partial charge in [-0.2, -0.15) is 0 Å². The molecule has 1 N–H and O–H groups in total. The Hall–Kier alpha value is -1.23. The van der Waals surface area contributed by atoms with E-state index in [4.69, 9.17) is 0 Å². The van der Waals surface area contributed by atoms with Gasteiger partial charge in [-0.05, 0) is 17.6 Å². The lowest BCUT2D eigenvalue weighted by Gasteiger charge is -1.46. The quantitative estimate of drug-likeness (QED) is 0.614. The fraction of sp³-hybridized carbons (Fsp3) is 0. The van der Waals surface area contributed by atoms with E-state index >= 15 is 0 Å². The molecule has 0 unspecified atom stereocenters. The molecule has 0 atom stereocenters. The predicted molar refractivity (Wildman–Crippen MR) is 38.5 cm³/mol. The molecule has 4 nitrogen and oxygen atoms in total. The first-order chi connectivity index (χ1) is 5.00. The summed E-state index contributed by atoms with van der Waals surface area (Å²) >= 11 is 1.46. The fourth-order valence-corrected chi connectivity index (χ4v) is 0.694. The minimum Gasteiger partial charge on any atom is -0.266 e. The molecule has 10 heavy (non-hydrogen) atoms. The SMILES string of the molecule is c1c[nH]nn1.c1cnsc1. The Bertz CT molecular complexity index is 153. The molecule has 52 valence electrons. The second-order valence-corrected chi connectivity index (χ2v) is 2.04. The lowest BCUT2D eigenvalue weighted by molar-refractivity contribution is 0.940. The Balaban J connectivity index is 0.0000001000. The molecule has 2 heterocycles. The molecule has 0 aliphatic rings. The highest BCUT2D eigenvalue weighted by molar-refractivity contribution is 7.03. The van der Waals surface area contributed by atoms with Crippen molar-refractivity contribution in [3.63, 3.8) is 0 Å². The summed E-state index contributed by atoms with van der Waals surface area (Å²) in [5, 5.41) is 11.2. The van der Waals surface area contributed by atoms with Gasteiger partial charge in [-0.25, -0.2) is 4.37 Å². The molecule has 2 rings (SSSR count). The Kier molecular flexibility index (Phi) is 3.19. The molecule has 0 amide bonds. The molecular weight excluding hydrogens is 148 g/mol. The summed E-state index contributed by atoms with van der Waals surface area (Å²) < 4.78 is 3.76. The van der Waals surface area contributed by atoms with Crippen LogP contribution in [0, 0.1) is 0 Å². The zero-order chi connectivity index (χ0) is 7.07. The summed E-state index contributed by atoms with van der Waals surface area (Å²) in [6.45, 7) is 0. The monoisotopic (exact) mass is 154 g/mol. The summed E-state index contributed by atoms with van der Waals surface area (Å²) in [6.07, 6.45) is 5.00. The van der Waals surface area contributed by atoms with Crippen molar-refractivity contribution in [3.05, 3.63) is 30.0 Å². The maximum absolute atomic E-state index is 3.76. The number of aromatic nitrogens is 4. The van der Waals surface area contributed by atoms with E-state index in [0.717, 1.165) is 0 Å². The van der Waals surface area contributed by atoms with Crippen LogP contribution in [0.1, 0.15) is 0 Å². The van der Waals surface area contributed by atoms with E-state index in [1.165, 1.54) is 11.5 Å². The Morgan fingerprint density at radius 1 is 1.30 bits per heavy atom. The van der Waals surface area contributed by atoms with Crippen molar-refractivity contribution < 1.29 is 0 Å². The first kappa shape index (κ1) is 6.88.